The highest BCUT2D eigenvalue weighted by molar-refractivity contribution is 6.23. The molecule has 1 spiro atoms. The van der Waals surface area contributed by atoms with Crippen molar-refractivity contribution in [3.8, 4) is 0 Å². The van der Waals surface area contributed by atoms with E-state index in [4.69, 9.17) is 0 Å². The normalized spacial score (nSPS) is 19.4. The van der Waals surface area contributed by atoms with Crippen molar-refractivity contribution < 1.29 is 9.59 Å². The van der Waals surface area contributed by atoms with E-state index in [0.717, 1.165) is 46.5 Å². The fourth-order valence-electron chi connectivity index (χ4n) is 7.44. The third-order valence-electron chi connectivity index (χ3n) is 9.29. The van der Waals surface area contributed by atoms with Crippen molar-refractivity contribution in [3.63, 3.8) is 0 Å². The predicted molar refractivity (Wildman–Crippen MR) is 174 cm³/mol. The summed E-state index contributed by atoms with van der Waals surface area (Å²) in [5, 5.41) is 0. The van der Waals surface area contributed by atoms with E-state index in [2.05, 4.69) is 71.9 Å². The summed E-state index contributed by atoms with van der Waals surface area (Å²) in [7, 11) is 0. The van der Waals surface area contributed by atoms with E-state index in [1.54, 1.807) is 13.8 Å². The van der Waals surface area contributed by atoms with Crippen molar-refractivity contribution in [3.05, 3.63) is 106 Å². The van der Waals surface area contributed by atoms with Gasteiger partial charge in [0.25, 0.3) is 0 Å². The van der Waals surface area contributed by atoms with E-state index >= 15 is 0 Å². The minimum atomic E-state index is -1.17. The van der Waals surface area contributed by atoms with E-state index in [9.17, 15) is 9.59 Å². The summed E-state index contributed by atoms with van der Waals surface area (Å²) in [5.74, 6) is 0.189. The Balaban J connectivity index is 0.000000524. The summed E-state index contributed by atoms with van der Waals surface area (Å²) in [6.45, 7) is 16.2. The molecule has 42 heavy (non-hydrogen) atoms. The van der Waals surface area contributed by atoms with Crippen LogP contribution in [0.2, 0.25) is 0 Å². The number of amides is 2. The van der Waals surface area contributed by atoms with Gasteiger partial charge < -0.3 is 0 Å². The van der Waals surface area contributed by atoms with Crippen LogP contribution in [0.15, 0.2) is 72.3 Å². The number of nitrogens with zero attached hydrogens (tertiary/aromatic N) is 2. The van der Waals surface area contributed by atoms with Gasteiger partial charge in [0, 0.05) is 0 Å². The van der Waals surface area contributed by atoms with Gasteiger partial charge in [0.05, 0.1) is 11.4 Å². The molecule has 2 fully saturated rings. The number of hydrogen-bond donors (Lipinski definition) is 0. The molecule has 1 saturated carbocycles. The predicted octanol–water partition coefficient (Wildman–Crippen LogP) is 8.85. The van der Waals surface area contributed by atoms with Crippen LogP contribution < -0.4 is 9.80 Å². The first-order valence-corrected chi connectivity index (χ1v) is 15.5. The Bertz CT molecular complexity index is 1390. The van der Waals surface area contributed by atoms with Crippen molar-refractivity contribution in [1.82, 2.24) is 0 Å². The summed E-state index contributed by atoms with van der Waals surface area (Å²) in [4.78, 5) is 32.8. The van der Waals surface area contributed by atoms with E-state index in [-0.39, 0.29) is 11.8 Å². The van der Waals surface area contributed by atoms with E-state index in [1.807, 2.05) is 46.2 Å². The van der Waals surface area contributed by atoms with Crippen LogP contribution in [0.1, 0.15) is 79.3 Å². The molecule has 3 aliphatic rings. The first kappa shape index (κ1) is 29.8. The number of anilines is 2. The Morgan fingerprint density at radius 1 is 0.595 bits per heavy atom. The minimum absolute atomic E-state index is 0.108. The number of benzene rings is 3. The molecule has 0 aromatic heterocycles. The van der Waals surface area contributed by atoms with Gasteiger partial charge in [0.2, 0.25) is 11.8 Å². The molecule has 3 aromatic carbocycles. The van der Waals surface area contributed by atoms with Crippen LogP contribution in [-0.2, 0) is 9.59 Å². The molecule has 4 heteroatoms. The van der Waals surface area contributed by atoms with Gasteiger partial charge in [-0.05, 0) is 108 Å². The van der Waals surface area contributed by atoms with Crippen LogP contribution in [0.25, 0.3) is 0 Å². The molecule has 2 aliphatic carbocycles. The Morgan fingerprint density at radius 2 is 0.952 bits per heavy atom. The maximum Gasteiger partial charge on any atom is 0.244 e. The SMILES string of the molecule is Cc1cc(C)c(N2C(=O)C(C)(C)C(=O)N(c3c(C)cc(C)cc3C)C23C=C3C2CCCCC2)c(C)c1.c1ccccc1. The number of hydrogen-bond acceptors (Lipinski definition) is 2. The van der Waals surface area contributed by atoms with E-state index < -0.39 is 11.1 Å². The minimum Gasteiger partial charge on any atom is -0.279 e. The molecule has 0 bridgehead atoms. The second-order valence-corrected chi connectivity index (χ2v) is 13.2. The Morgan fingerprint density at radius 3 is 1.31 bits per heavy atom. The fourth-order valence-corrected chi connectivity index (χ4v) is 7.44. The summed E-state index contributed by atoms with van der Waals surface area (Å²) in [6, 6.07) is 20.6. The lowest BCUT2D eigenvalue weighted by atomic mass is 9.80. The van der Waals surface area contributed by atoms with Crippen LogP contribution in [-0.4, -0.2) is 17.5 Å². The van der Waals surface area contributed by atoms with Crippen molar-refractivity contribution in [2.24, 2.45) is 11.3 Å². The largest absolute Gasteiger partial charge is 0.279 e. The number of carbonyl (C=O) groups is 2. The van der Waals surface area contributed by atoms with Gasteiger partial charge in [0.1, 0.15) is 5.41 Å². The van der Waals surface area contributed by atoms with Crippen molar-refractivity contribution >= 4 is 23.2 Å². The van der Waals surface area contributed by atoms with Gasteiger partial charge in [-0.3, -0.25) is 19.4 Å². The standard InChI is InChI=1S/C32H40N2O2.C6H6/c1-19-14-21(3)27(22(4)15-19)33-29(35)31(7,8)30(36)34(28-23(5)16-20(2)17-24(28)6)32(33)18-26(32)25-12-10-9-11-13-25;1-2-4-6-5-3-1/h14-18,25H,9-13H2,1-8H3;1-6H. The Labute approximate surface area is 252 Å². The third kappa shape index (κ3) is 4.99. The number of rotatable bonds is 3. The molecule has 0 atom stereocenters. The molecule has 1 heterocycles. The smallest absolute Gasteiger partial charge is 0.244 e. The van der Waals surface area contributed by atoms with E-state index in [0.29, 0.717) is 5.92 Å². The Kier molecular flexibility index (Phi) is 7.96. The summed E-state index contributed by atoms with van der Waals surface area (Å²) in [5.41, 5.74) is 7.78. The average Bonchev–Trinajstić information content (AvgIpc) is 3.68. The molecule has 2 amide bonds. The summed E-state index contributed by atoms with van der Waals surface area (Å²) < 4.78 is 0. The highest BCUT2D eigenvalue weighted by atomic mass is 16.2. The van der Waals surface area contributed by atoms with Gasteiger partial charge >= 0.3 is 0 Å². The van der Waals surface area contributed by atoms with Gasteiger partial charge in [0.15, 0.2) is 5.66 Å². The van der Waals surface area contributed by atoms with Crippen LogP contribution >= 0.6 is 0 Å². The second kappa shape index (κ2) is 11.2. The summed E-state index contributed by atoms with van der Waals surface area (Å²) in [6.07, 6.45) is 8.16. The van der Waals surface area contributed by atoms with Crippen molar-refractivity contribution in [1.29, 1.82) is 0 Å². The zero-order chi connectivity index (χ0) is 30.4. The lowest BCUT2D eigenvalue weighted by Gasteiger charge is -2.52. The highest BCUT2D eigenvalue weighted by Crippen LogP contribution is 2.59. The molecule has 4 nitrogen and oxygen atoms in total. The molecule has 6 rings (SSSR count). The molecule has 0 N–H and O–H groups in total. The highest BCUT2D eigenvalue weighted by Gasteiger charge is 2.68. The first-order chi connectivity index (χ1) is 19.9. The molecule has 0 radical (unpaired) electrons. The van der Waals surface area contributed by atoms with Crippen LogP contribution in [0, 0.1) is 52.9 Å². The molecule has 0 unspecified atom stereocenters. The lowest BCUT2D eigenvalue weighted by molar-refractivity contribution is -0.141. The molecule has 3 aromatic rings. The molecule has 1 aliphatic heterocycles. The molecule has 220 valence electrons. The quantitative estimate of drug-likeness (QED) is 0.236. The van der Waals surface area contributed by atoms with E-state index in [1.165, 1.54) is 36.0 Å². The van der Waals surface area contributed by atoms with Gasteiger partial charge in [-0.1, -0.05) is 91.1 Å². The second-order valence-electron chi connectivity index (χ2n) is 13.2. The van der Waals surface area contributed by atoms with Gasteiger partial charge in [-0.25, -0.2) is 0 Å². The van der Waals surface area contributed by atoms with Crippen molar-refractivity contribution in [2.75, 3.05) is 9.80 Å². The zero-order valence-electron chi connectivity index (χ0n) is 26.7. The maximum absolute atomic E-state index is 14.4. The number of carbonyl (C=O) groups excluding carboxylic acids is 2. The van der Waals surface area contributed by atoms with Crippen LogP contribution in [0.5, 0.6) is 0 Å². The Hall–Kier alpha value is -3.66. The van der Waals surface area contributed by atoms with Gasteiger partial charge in [-0.15, -0.1) is 0 Å². The first-order valence-electron chi connectivity index (χ1n) is 15.5. The maximum atomic E-state index is 14.4. The average molecular weight is 563 g/mol. The fraction of sp³-hybridized carbons (Fsp3) is 0.421. The van der Waals surface area contributed by atoms with Crippen LogP contribution in [0.4, 0.5) is 11.4 Å². The molecular weight excluding hydrogens is 516 g/mol. The van der Waals surface area contributed by atoms with Gasteiger partial charge in [-0.2, -0.15) is 0 Å². The third-order valence-corrected chi connectivity index (χ3v) is 9.29. The topological polar surface area (TPSA) is 40.6 Å². The summed E-state index contributed by atoms with van der Waals surface area (Å²) >= 11 is 0. The van der Waals surface area contributed by atoms with Crippen LogP contribution in [0.3, 0.4) is 0 Å². The van der Waals surface area contributed by atoms with Crippen molar-refractivity contribution in [2.45, 2.75) is 93.2 Å². The molecule has 1 saturated heterocycles. The lowest BCUT2D eigenvalue weighted by Crippen LogP contribution is -2.70. The number of aryl methyl sites for hydroxylation is 6. The molecular formula is C38H46N2O2. The monoisotopic (exact) mass is 562 g/mol. The zero-order valence-corrected chi connectivity index (χ0v) is 26.7.